The maximum absolute atomic E-state index is 11.5. The fourth-order valence-electron chi connectivity index (χ4n) is 2.16. The van der Waals surface area contributed by atoms with Crippen LogP contribution in [0.1, 0.15) is 12.8 Å². The molecule has 2 aliphatic heterocycles. The molecule has 112 valence electrons. The Bertz CT molecular complexity index is 377. The minimum Gasteiger partial charge on any atom is -0.318 e. The van der Waals surface area contributed by atoms with Gasteiger partial charge in [0.15, 0.2) is 0 Å². The van der Waals surface area contributed by atoms with Crippen LogP contribution in [-0.2, 0) is 14.4 Å². The third-order valence-corrected chi connectivity index (χ3v) is 3.47. The van der Waals surface area contributed by atoms with Crippen molar-refractivity contribution in [1.82, 2.24) is 20.2 Å². The summed E-state index contributed by atoms with van der Waals surface area (Å²) in [6, 6.07) is 0. The SMILES string of the molecule is CN1CCN(CCNC(=O)ON2C(=O)CCC2=O)CC1. The predicted molar refractivity (Wildman–Crippen MR) is 69.5 cm³/mol. The number of hydrogen-bond donors (Lipinski definition) is 1. The van der Waals surface area contributed by atoms with Crippen molar-refractivity contribution < 1.29 is 19.2 Å². The van der Waals surface area contributed by atoms with Gasteiger partial charge in [-0.05, 0) is 7.05 Å². The molecule has 0 aromatic heterocycles. The maximum atomic E-state index is 11.5. The van der Waals surface area contributed by atoms with Gasteiger partial charge >= 0.3 is 6.09 Å². The summed E-state index contributed by atoms with van der Waals surface area (Å²) < 4.78 is 0. The molecule has 3 amide bonds. The smallest absolute Gasteiger partial charge is 0.318 e. The summed E-state index contributed by atoms with van der Waals surface area (Å²) in [5.41, 5.74) is 0. The van der Waals surface area contributed by atoms with E-state index in [1.54, 1.807) is 0 Å². The molecule has 2 saturated heterocycles. The Hall–Kier alpha value is -1.67. The van der Waals surface area contributed by atoms with Crippen molar-refractivity contribution in [2.75, 3.05) is 46.3 Å². The summed E-state index contributed by atoms with van der Waals surface area (Å²) in [5.74, 6) is -0.937. The summed E-state index contributed by atoms with van der Waals surface area (Å²) in [6.07, 6.45) is -0.552. The normalized spacial score (nSPS) is 21.4. The van der Waals surface area contributed by atoms with Crippen LogP contribution in [0.2, 0.25) is 0 Å². The van der Waals surface area contributed by atoms with Gasteiger partial charge in [-0.1, -0.05) is 0 Å². The van der Waals surface area contributed by atoms with Gasteiger partial charge in [0.05, 0.1) is 0 Å². The molecule has 2 aliphatic rings. The van der Waals surface area contributed by atoms with Gasteiger partial charge in [0, 0.05) is 52.1 Å². The zero-order chi connectivity index (χ0) is 14.5. The Morgan fingerprint density at radius 2 is 1.75 bits per heavy atom. The number of hydroxylamine groups is 2. The van der Waals surface area contributed by atoms with Crippen molar-refractivity contribution in [2.45, 2.75) is 12.8 Å². The molecule has 0 radical (unpaired) electrons. The van der Waals surface area contributed by atoms with E-state index in [-0.39, 0.29) is 12.8 Å². The minimum absolute atomic E-state index is 0.105. The summed E-state index contributed by atoms with van der Waals surface area (Å²) in [5, 5.41) is 3.09. The molecule has 0 aromatic rings. The number of imide groups is 1. The van der Waals surface area contributed by atoms with Crippen molar-refractivity contribution in [1.29, 1.82) is 0 Å². The Morgan fingerprint density at radius 3 is 2.35 bits per heavy atom. The van der Waals surface area contributed by atoms with E-state index in [1.165, 1.54) is 0 Å². The second kappa shape index (κ2) is 6.67. The molecular weight excluding hydrogens is 264 g/mol. The zero-order valence-electron chi connectivity index (χ0n) is 11.6. The third-order valence-electron chi connectivity index (χ3n) is 3.47. The number of nitrogens with one attached hydrogen (secondary N) is 1. The van der Waals surface area contributed by atoms with Gasteiger partial charge < -0.3 is 15.1 Å². The quantitative estimate of drug-likeness (QED) is 0.669. The Kier molecular flexibility index (Phi) is 4.91. The molecule has 8 nitrogen and oxygen atoms in total. The molecule has 1 N–H and O–H groups in total. The van der Waals surface area contributed by atoms with Crippen LogP contribution in [0.5, 0.6) is 0 Å². The number of likely N-dealkylation sites (N-methyl/N-ethyl adjacent to an activating group) is 1. The Balaban J connectivity index is 1.63. The molecule has 0 aromatic carbocycles. The second-order valence-corrected chi connectivity index (χ2v) is 5.03. The molecule has 0 atom stereocenters. The molecule has 0 saturated carbocycles. The van der Waals surface area contributed by atoms with Crippen molar-refractivity contribution in [3.05, 3.63) is 0 Å². The molecule has 2 heterocycles. The first-order chi connectivity index (χ1) is 9.56. The van der Waals surface area contributed by atoms with Gasteiger partial charge in [-0.25, -0.2) is 4.79 Å². The summed E-state index contributed by atoms with van der Waals surface area (Å²) in [7, 11) is 2.08. The van der Waals surface area contributed by atoms with Gasteiger partial charge in [-0.2, -0.15) is 0 Å². The molecule has 0 spiro atoms. The monoisotopic (exact) mass is 284 g/mol. The van der Waals surface area contributed by atoms with Crippen LogP contribution < -0.4 is 5.32 Å². The van der Waals surface area contributed by atoms with Crippen LogP contribution in [0, 0.1) is 0 Å². The largest absolute Gasteiger partial charge is 0.432 e. The molecule has 2 fully saturated rings. The molecular formula is C12H20N4O4. The van der Waals surface area contributed by atoms with Gasteiger partial charge in [-0.15, -0.1) is 5.06 Å². The van der Waals surface area contributed by atoms with Crippen LogP contribution in [-0.4, -0.2) is 79.1 Å². The van der Waals surface area contributed by atoms with Crippen molar-refractivity contribution in [3.63, 3.8) is 0 Å². The number of rotatable bonds is 4. The van der Waals surface area contributed by atoms with Gasteiger partial charge in [0.1, 0.15) is 0 Å². The first-order valence-electron chi connectivity index (χ1n) is 6.79. The van der Waals surface area contributed by atoms with Crippen LogP contribution in [0.3, 0.4) is 0 Å². The van der Waals surface area contributed by atoms with Crippen molar-refractivity contribution >= 4 is 17.9 Å². The lowest BCUT2D eigenvalue weighted by Crippen LogP contribution is -2.47. The minimum atomic E-state index is -0.761. The lowest BCUT2D eigenvalue weighted by Gasteiger charge is -2.32. The number of carbonyl (C=O) groups is 3. The Labute approximate surface area is 117 Å². The molecule has 20 heavy (non-hydrogen) atoms. The Morgan fingerprint density at radius 1 is 1.15 bits per heavy atom. The van der Waals surface area contributed by atoms with Gasteiger partial charge in [-0.3, -0.25) is 14.5 Å². The average molecular weight is 284 g/mol. The van der Waals surface area contributed by atoms with Crippen molar-refractivity contribution in [2.24, 2.45) is 0 Å². The fraction of sp³-hybridized carbons (Fsp3) is 0.750. The third kappa shape index (κ3) is 3.91. The average Bonchev–Trinajstić information content (AvgIpc) is 2.73. The van der Waals surface area contributed by atoms with E-state index in [4.69, 9.17) is 4.84 Å². The van der Waals surface area contributed by atoms with E-state index in [2.05, 4.69) is 22.2 Å². The molecule has 8 heteroatoms. The highest BCUT2D eigenvalue weighted by Gasteiger charge is 2.32. The summed E-state index contributed by atoms with van der Waals surface area (Å²) >= 11 is 0. The fourth-order valence-corrected chi connectivity index (χ4v) is 2.16. The second-order valence-electron chi connectivity index (χ2n) is 5.03. The van der Waals surface area contributed by atoms with E-state index in [9.17, 15) is 14.4 Å². The molecule has 0 aliphatic carbocycles. The van der Waals surface area contributed by atoms with E-state index in [0.29, 0.717) is 11.6 Å². The number of piperazine rings is 1. The first-order valence-corrected chi connectivity index (χ1v) is 6.79. The first kappa shape index (κ1) is 14.7. The lowest BCUT2D eigenvalue weighted by molar-refractivity contribution is -0.171. The topological polar surface area (TPSA) is 82.2 Å². The summed E-state index contributed by atoms with van der Waals surface area (Å²) in [6.45, 7) is 5.12. The van der Waals surface area contributed by atoms with Crippen LogP contribution in [0.15, 0.2) is 0 Å². The number of nitrogens with zero attached hydrogens (tertiary/aromatic N) is 3. The predicted octanol–water partition coefficient (Wildman–Crippen LogP) is -0.976. The highest BCUT2D eigenvalue weighted by Crippen LogP contribution is 2.11. The molecule has 0 bridgehead atoms. The van der Waals surface area contributed by atoms with E-state index in [1.807, 2.05) is 0 Å². The van der Waals surface area contributed by atoms with E-state index < -0.39 is 17.9 Å². The number of amides is 3. The standard InChI is InChI=1S/C12H20N4O4/c1-14-6-8-15(9-7-14)5-4-13-12(19)20-16-10(17)2-3-11(16)18/h2-9H2,1H3,(H,13,19). The molecule has 0 unspecified atom stereocenters. The van der Waals surface area contributed by atoms with Crippen LogP contribution in [0.25, 0.3) is 0 Å². The van der Waals surface area contributed by atoms with E-state index in [0.717, 1.165) is 32.7 Å². The van der Waals surface area contributed by atoms with Crippen molar-refractivity contribution in [3.8, 4) is 0 Å². The maximum Gasteiger partial charge on any atom is 0.432 e. The van der Waals surface area contributed by atoms with Crippen LogP contribution >= 0.6 is 0 Å². The number of hydrogen-bond acceptors (Lipinski definition) is 6. The zero-order valence-corrected chi connectivity index (χ0v) is 11.6. The van der Waals surface area contributed by atoms with Gasteiger partial charge in [0.25, 0.3) is 11.8 Å². The highest BCUT2D eigenvalue weighted by molar-refractivity contribution is 6.01. The van der Waals surface area contributed by atoms with E-state index >= 15 is 0 Å². The lowest BCUT2D eigenvalue weighted by atomic mass is 10.3. The molecule has 2 rings (SSSR count). The number of carbonyl (C=O) groups excluding carboxylic acids is 3. The van der Waals surface area contributed by atoms with Gasteiger partial charge in [0.2, 0.25) is 0 Å². The summed E-state index contributed by atoms with van der Waals surface area (Å²) in [4.78, 5) is 43.2. The van der Waals surface area contributed by atoms with Crippen LogP contribution in [0.4, 0.5) is 4.79 Å². The highest BCUT2D eigenvalue weighted by atomic mass is 16.7.